The Kier molecular flexibility index (Phi) is 5.08. The topological polar surface area (TPSA) is 40.6 Å². The summed E-state index contributed by atoms with van der Waals surface area (Å²) in [7, 11) is -3.90. The molecule has 1 fully saturated rings. The maximum Gasteiger partial charge on any atom is 0.416 e. The van der Waals surface area contributed by atoms with E-state index in [4.69, 9.17) is 0 Å². The van der Waals surface area contributed by atoms with E-state index >= 15 is 0 Å². The maximum atomic E-state index is 13.0. The molecule has 1 aliphatic heterocycles. The summed E-state index contributed by atoms with van der Waals surface area (Å²) in [5, 5.41) is 0. The van der Waals surface area contributed by atoms with Crippen LogP contribution >= 0.6 is 0 Å². The summed E-state index contributed by atoms with van der Waals surface area (Å²) in [6, 6.07) is 3.50. The van der Waals surface area contributed by atoms with Gasteiger partial charge in [0.05, 0.1) is 10.5 Å². The molecule has 1 aliphatic rings. The summed E-state index contributed by atoms with van der Waals surface area (Å²) in [6.07, 6.45) is -4.56. The molecule has 4 nitrogen and oxygen atoms in total. The molecule has 0 N–H and O–H groups in total. The molecule has 0 saturated carbocycles. The Morgan fingerprint density at radius 3 is 2.13 bits per heavy atom. The van der Waals surface area contributed by atoms with Gasteiger partial charge in [0.15, 0.2) is 0 Å². The molecule has 0 spiro atoms. The van der Waals surface area contributed by atoms with Crippen LogP contribution in [0.25, 0.3) is 0 Å². The predicted octanol–water partition coefficient (Wildman–Crippen LogP) is 2.73. The summed E-state index contributed by atoms with van der Waals surface area (Å²) >= 11 is 0. The van der Waals surface area contributed by atoms with Gasteiger partial charge in [0.25, 0.3) is 0 Å². The van der Waals surface area contributed by atoms with Crippen molar-refractivity contribution in [1.29, 1.82) is 0 Å². The van der Waals surface area contributed by atoms with Gasteiger partial charge in [0.1, 0.15) is 0 Å². The predicted molar refractivity (Wildman–Crippen MR) is 81.6 cm³/mol. The van der Waals surface area contributed by atoms with Gasteiger partial charge < -0.3 is 0 Å². The van der Waals surface area contributed by atoms with Gasteiger partial charge in [0.2, 0.25) is 10.0 Å². The number of benzene rings is 1. The third kappa shape index (κ3) is 3.87. The standard InChI is InChI=1S/C15H21F3N2O2S/c1-11(2)19-6-8-20(9-7-19)23(21,22)13-5-4-12(3)14(10-13)15(16,17)18/h4-5,10-11H,6-9H2,1-3H3. The van der Waals surface area contributed by atoms with Crippen LogP contribution in [-0.2, 0) is 16.2 Å². The summed E-state index contributed by atoms with van der Waals surface area (Å²) in [5.41, 5.74) is -0.888. The lowest BCUT2D eigenvalue weighted by atomic mass is 10.1. The van der Waals surface area contributed by atoms with Crippen LogP contribution in [0.3, 0.4) is 0 Å². The van der Waals surface area contributed by atoms with E-state index in [9.17, 15) is 21.6 Å². The van der Waals surface area contributed by atoms with Gasteiger partial charge >= 0.3 is 6.18 Å². The number of sulfonamides is 1. The van der Waals surface area contributed by atoms with Crippen LogP contribution in [0.2, 0.25) is 0 Å². The second-order valence-corrected chi connectivity index (χ2v) is 7.95. The number of nitrogens with zero attached hydrogens (tertiary/aromatic N) is 2. The summed E-state index contributed by atoms with van der Waals surface area (Å²) in [6.45, 7) is 7.11. The van der Waals surface area contributed by atoms with Crippen LogP contribution < -0.4 is 0 Å². The third-order valence-corrected chi connectivity index (χ3v) is 6.05. The second kappa shape index (κ2) is 6.41. The minimum Gasteiger partial charge on any atom is -0.298 e. The molecule has 2 rings (SSSR count). The highest BCUT2D eigenvalue weighted by Gasteiger charge is 2.35. The summed E-state index contributed by atoms with van der Waals surface area (Å²) in [5.74, 6) is 0. The summed E-state index contributed by atoms with van der Waals surface area (Å²) < 4.78 is 65.4. The second-order valence-electron chi connectivity index (χ2n) is 6.01. The van der Waals surface area contributed by atoms with Crippen LogP contribution in [0.4, 0.5) is 13.2 Å². The largest absolute Gasteiger partial charge is 0.416 e. The number of alkyl halides is 3. The molecule has 1 heterocycles. The Morgan fingerprint density at radius 1 is 1.09 bits per heavy atom. The molecule has 0 bridgehead atoms. The first-order valence-electron chi connectivity index (χ1n) is 7.45. The van der Waals surface area contributed by atoms with E-state index in [-0.39, 0.29) is 23.5 Å². The highest BCUT2D eigenvalue weighted by molar-refractivity contribution is 7.89. The third-order valence-electron chi connectivity index (χ3n) is 4.16. The minimum atomic E-state index is -4.56. The van der Waals surface area contributed by atoms with E-state index in [0.717, 1.165) is 6.07 Å². The van der Waals surface area contributed by atoms with Crippen molar-refractivity contribution in [2.24, 2.45) is 0 Å². The lowest BCUT2D eigenvalue weighted by Gasteiger charge is -2.36. The zero-order valence-corrected chi connectivity index (χ0v) is 14.2. The average Bonchev–Trinajstić information content (AvgIpc) is 2.46. The zero-order valence-electron chi connectivity index (χ0n) is 13.4. The van der Waals surface area contributed by atoms with E-state index in [1.54, 1.807) is 0 Å². The number of piperazine rings is 1. The fraction of sp³-hybridized carbons (Fsp3) is 0.600. The number of halogens is 3. The molecule has 1 saturated heterocycles. The molecule has 0 unspecified atom stereocenters. The van der Waals surface area contributed by atoms with Crippen LogP contribution in [0.15, 0.2) is 23.1 Å². The van der Waals surface area contributed by atoms with E-state index in [1.807, 2.05) is 13.8 Å². The minimum absolute atomic E-state index is 0.0149. The Balaban J connectivity index is 2.28. The first-order chi connectivity index (χ1) is 10.5. The number of hydrogen-bond acceptors (Lipinski definition) is 3. The molecule has 1 aromatic carbocycles. The van der Waals surface area contributed by atoms with Gasteiger partial charge in [-0.15, -0.1) is 0 Å². The van der Waals surface area contributed by atoms with Crippen molar-refractivity contribution in [3.05, 3.63) is 29.3 Å². The first-order valence-corrected chi connectivity index (χ1v) is 8.89. The SMILES string of the molecule is Cc1ccc(S(=O)(=O)N2CCN(C(C)C)CC2)cc1C(F)(F)F. The van der Waals surface area contributed by atoms with E-state index in [0.29, 0.717) is 19.1 Å². The molecule has 0 amide bonds. The number of hydrogen-bond donors (Lipinski definition) is 0. The fourth-order valence-electron chi connectivity index (χ4n) is 2.68. The number of rotatable bonds is 3. The van der Waals surface area contributed by atoms with Crippen molar-refractivity contribution < 1.29 is 21.6 Å². The molecule has 23 heavy (non-hydrogen) atoms. The fourth-order valence-corrected chi connectivity index (χ4v) is 4.13. The summed E-state index contributed by atoms with van der Waals surface area (Å²) in [4.78, 5) is 1.84. The van der Waals surface area contributed by atoms with Gasteiger partial charge in [-0.1, -0.05) is 6.07 Å². The molecule has 8 heteroatoms. The molecule has 1 aromatic rings. The van der Waals surface area contributed by atoms with Gasteiger partial charge in [-0.05, 0) is 38.5 Å². The Labute approximate surface area is 134 Å². The Hall–Kier alpha value is -1.12. The number of aryl methyl sites for hydroxylation is 1. The van der Waals surface area contributed by atoms with Gasteiger partial charge in [0, 0.05) is 32.2 Å². The van der Waals surface area contributed by atoms with Crippen molar-refractivity contribution in [2.75, 3.05) is 26.2 Å². The molecular formula is C15H21F3N2O2S. The average molecular weight is 350 g/mol. The highest BCUT2D eigenvalue weighted by atomic mass is 32.2. The maximum absolute atomic E-state index is 13.0. The van der Waals surface area contributed by atoms with E-state index < -0.39 is 21.8 Å². The van der Waals surface area contributed by atoms with Crippen LogP contribution in [-0.4, -0.2) is 49.8 Å². The van der Waals surface area contributed by atoms with Crippen LogP contribution in [0.1, 0.15) is 25.0 Å². The Bertz CT molecular complexity index is 664. The first kappa shape index (κ1) is 18.2. The van der Waals surface area contributed by atoms with Gasteiger partial charge in [-0.3, -0.25) is 4.90 Å². The quantitative estimate of drug-likeness (QED) is 0.842. The zero-order chi connectivity index (χ0) is 17.4. The lowest BCUT2D eigenvalue weighted by molar-refractivity contribution is -0.138. The van der Waals surface area contributed by atoms with Gasteiger partial charge in [-0.2, -0.15) is 17.5 Å². The van der Waals surface area contributed by atoms with Gasteiger partial charge in [-0.25, -0.2) is 8.42 Å². The van der Waals surface area contributed by atoms with E-state index in [1.165, 1.54) is 23.4 Å². The molecule has 0 atom stereocenters. The monoisotopic (exact) mass is 350 g/mol. The Morgan fingerprint density at radius 2 is 1.65 bits per heavy atom. The van der Waals surface area contributed by atoms with Crippen molar-refractivity contribution in [3.63, 3.8) is 0 Å². The van der Waals surface area contributed by atoms with Crippen molar-refractivity contribution in [2.45, 2.75) is 37.9 Å². The molecule has 0 radical (unpaired) electrons. The van der Waals surface area contributed by atoms with Crippen molar-refractivity contribution >= 4 is 10.0 Å². The normalized spacial score (nSPS) is 18.6. The smallest absolute Gasteiger partial charge is 0.298 e. The van der Waals surface area contributed by atoms with Crippen LogP contribution in [0, 0.1) is 6.92 Å². The molecular weight excluding hydrogens is 329 g/mol. The van der Waals surface area contributed by atoms with Crippen LogP contribution in [0.5, 0.6) is 0 Å². The van der Waals surface area contributed by atoms with Crippen molar-refractivity contribution in [1.82, 2.24) is 9.21 Å². The molecule has 0 aromatic heterocycles. The highest BCUT2D eigenvalue weighted by Crippen LogP contribution is 2.33. The molecule has 0 aliphatic carbocycles. The lowest BCUT2D eigenvalue weighted by Crippen LogP contribution is -2.50. The molecule has 130 valence electrons. The van der Waals surface area contributed by atoms with Crippen molar-refractivity contribution in [3.8, 4) is 0 Å². The van der Waals surface area contributed by atoms with E-state index in [2.05, 4.69) is 4.90 Å².